The predicted molar refractivity (Wildman–Crippen MR) is 96.8 cm³/mol. The molecular weight excluding hydrogens is 324 g/mol. The Morgan fingerprint density at radius 1 is 1.46 bits per heavy atom. The number of anilines is 2. The minimum Gasteiger partial charge on any atom is -0.367 e. The third-order valence-corrected chi connectivity index (χ3v) is 4.92. The Morgan fingerprint density at radius 3 is 2.96 bits per heavy atom. The van der Waals surface area contributed by atoms with Crippen LogP contribution in [0, 0.1) is 0 Å². The van der Waals surface area contributed by atoms with Crippen molar-refractivity contribution in [1.82, 2.24) is 20.1 Å². The van der Waals surface area contributed by atoms with E-state index in [2.05, 4.69) is 39.5 Å². The van der Waals surface area contributed by atoms with Gasteiger partial charge in [-0.1, -0.05) is 13.8 Å². The molecule has 2 amide bonds. The number of rotatable bonds is 4. The monoisotopic (exact) mass is 348 g/mol. The minimum absolute atomic E-state index is 0.128. The van der Waals surface area contributed by atoms with Crippen molar-refractivity contribution in [1.29, 1.82) is 0 Å². The lowest BCUT2D eigenvalue weighted by molar-refractivity contribution is 0.246. The van der Waals surface area contributed by atoms with E-state index in [0.29, 0.717) is 11.0 Å². The minimum atomic E-state index is -0.183. The topological polar surface area (TPSA) is 75.1 Å². The quantitative estimate of drug-likeness (QED) is 0.891. The fourth-order valence-corrected chi connectivity index (χ4v) is 3.70. The van der Waals surface area contributed by atoms with Gasteiger partial charge >= 0.3 is 6.03 Å². The fraction of sp³-hybridized carbons (Fsp3) is 0.562. The molecule has 0 bridgehead atoms. The maximum absolute atomic E-state index is 12.2. The molecule has 2 aromatic heterocycles. The fourth-order valence-electron chi connectivity index (χ4n) is 2.83. The van der Waals surface area contributed by atoms with Gasteiger partial charge in [-0.15, -0.1) is 11.3 Å². The molecule has 0 radical (unpaired) electrons. The van der Waals surface area contributed by atoms with E-state index in [9.17, 15) is 4.79 Å². The van der Waals surface area contributed by atoms with Crippen LogP contribution in [0.15, 0.2) is 17.8 Å². The highest BCUT2D eigenvalue weighted by molar-refractivity contribution is 7.13. The van der Waals surface area contributed by atoms with Gasteiger partial charge in [0.25, 0.3) is 0 Å². The van der Waals surface area contributed by atoms with Gasteiger partial charge in [0, 0.05) is 37.8 Å². The molecule has 1 atom stereocenters. The first-order valence-electron chi connectivity index (χ1n) is 8.28. The van der Waals surface area contributed by atoms with Gasteiger partial charge in [0.2, 0.25) is 0 Å². The van der Waals surface area contributed by atoms with Crippen molar-refractivity contribution in [2.24, 2.45) is 7.05 Å². The largest absolute Gasteiger partial charge is 0.367 e. The predicted octanol–water partition coefficient (Wildman–Crippen LogP) is 2.79. The molecule has 3 rings (SSSR count). The number of amides is 2. The zero-order valence-electron chi connectivity index (χ0n) is 14.3. The molecule has 2 aromatic rings. The highest BCUT2D eigenvalue weighted by Crippen LogP contribution is 2.22. The Balaban J connectivity index is 1.53. The van der Waals surface area contributed by atoms with Crippen LogP contribution >= 0.6 is 11.3 Å². The van der Waals surface area contributed by atoms with Gasteiger partial charge in [-0.25, -0.2) is 9.78 Å². The molecule has 1 fully saturated rings. The number of urea groups is 1. The smallest absolute Gasteiger partial charge is 0.321 e. The third kappa shape index (κ3) is 4.05. The standard InChI is InChI=1S/C16H24N6OS/c1-11(2)14-10-24-16(19-14)20-15(23)18-12-5-4-6-22(8-12)13-7-17-21(3)9-13/h7,9-12H,4-6,8H2,1-3H3,(H2,18,19,20,23)/t12-/m1/s1. The molecule has 1 aliphatic heterocycles. The number of aryl methyl sites for hydroxylation is 1. The van der Waals surface area contributed by atoms with Gasteiger partial charge in [-0.05, 0) is 18.8 Å². The molecule has 0 unspecified atom stereocenters. The number of piperidine rings is 1. The number of thiazole rings is 1. The van der Waals surface area contributed by atoms with Crippen molar-refractivity contribution in [2.75, 3.05) is 23.3 Å². The molecule has 1 saturated heterocycles. The van der Waals surface area contributed by atoms with Crippen molar-refractivity contribution in [3.8, 4) is 0 Å². The van der Waals surface area contributed by atoms with Crippen molar-refractivity contribution in [3.63, 3.8) is 0 Å². The highest BCUT2D eigenvalue weighted by Gasteiger charge is 2.22. The number of carbonyl (C=O) groups excluding carboxylic acids is 1. The van der Waals surface area contributed by atoms with Crippen LogP contribution in [0.1, 0.15) is 38.3 Å². The molecule has 2 N–H and O–H groups in total. The van der Waals surface area contributed by atoms with Gasteiger partial charge in [-0.3, -0.25) is 10.00 Å². The van der Waals surface area contributed by atoms with E-state index >= 15 is 0 Å². The summed E-state index contributed by atoms with van der Waals surface area (Å²) in [6.45, 7) is 5.98. The Morgan fingerprint density at radius 2 is 2.29 bits per heavy atom. The summed E-state index contributed by atoms with van der Waals surface area (Å²) < 4.78 is 1.80. The van der Waals surface area contributed by atoms with Gasteiger partial charge in [0.15, 0.2) is 5.13 Å². The first-order chi connectivity index (χ1) is 11.5. The molecule has 0 aromatic carbocycles. The average Bonchev–Trinajstić information content (AvgIpc) is 3.16. The van der Waals surface area contributed by atoms with E-state index in [1.54, 1.807) is 4.68 Å². The summed E-state index contributed by atoms with van der Waals surface area (Å²) in [5.74, 6) is 0.367. The molecule has 1 aliphatic rings. The second-order valence-corrected chi connectivity index (χ2v) is 7.35. The summed E-state index contributed by atoms with van der Waals surface area (Å²) in [5, 5.41) is 12.8. The van der Waals surface area contributed by atoms with E-state index in [0.717, 1.165) is 37.3 Å². The molecule has 24 heavy (non-hydrogen) atoms. The SMILES string of the molecule is CC(C)c1csc(NC(=O)N[C@@H]2CCCN(c3cnn(C)c3)C2)n1. The molecule has 3 heterocycles. The van der Waals surface area contributed by atoms with E-state index in [1.165, 1.54) is 11.3 Å². The zero-order chi connectivity index (χ0) is 17.1. The summed E-state index contributed by atoms with van der Waals surface area (Å²) >= 11 is 1.46. The van der Waals surface area contributed by atoms with Crippen molar-refractivity contribution < 1.29 is 4.79 Å². The van der Waals surface area contributed by atoms with Gasteiger partial charge in [0.05, 0.1) is 17.6 Å². The van der Waals surface area contributed by atoms with Crippen LogP contribution in [-0.2, 0) is 7.05 Å². The first-order valence-corrected chi connectivity index (χ1v) is 9.16. The first kappa shape index (κ1) is 16.8. The summed E-state index contributed by atoms with van der Waals surface area (Å²) in [7, 11) is 1.91. The second-order valence-electron chi connectivity index (χ2n) is 6.49. The summed E-state index contributed by atoms with van der Waals surface area (Å²) in [5.41, 5.74) is 2.11. The van der Waals surface area contributed by atoms with E-state index in [4.69, 9.17) is 0 Å². The normalized spacial score (nSPS) is 18.0. The summed E-state index contributed by atoms with van der Waals surface area (Å²) in [6.07, 6.45) is 5.91. The van der Waals surface area contributed by atoms with Crippen LogP contribution < -0.4 is 15.5 Å². The molecule has 0 saturated carbocycles. The number of nitrogens with one attached hydrogen (secondary N) is 2. The second kappa shape index (κ2) is 7.21. The highest BCUT2D eigenvalue weighted by atomic mass is 32.1. The van der Waals surface area contributed by atoms with Crippen LogP contribution in [0.4, 0.5) is 15.6 Å². The van der Waals surface area contributed by atoms with Crippen LogP contribution in [0.3, 0.4) is 0 Å². The molecular formula is C16H24N6OS. The average molecular weight is 348 g/mol. The lowest BCUT2D eigenvalue weighted by atomic mass is 10.1. The molecule has 0 spiro atoms. The Hall–Kier alpha value is -2.09. The number of hydrogen-bond acceptors (Lipinski definition) is 5. The van der Waals surface area contributed by atoms with E-state index in [1.807, 2.05) is 24.8 Å². The lowest BCUT2D eigenvalue weighted by Gasteiger charge is -2.33. The number of carbonyl (C=O) groups is 1. The molecule has 7 nitrogen and oxygen atoms in total. The van der Waals surface area contributed by atoms with Gasteiger partial charge < -0.3 is 10.2 Å². The van der Waals surface area contributed by atoms with E-state index < -0.39 is 0 Å². The van der Waals surface area contributed by atoms with Crippen LogP contribution in [0.25, 0.3) is 0 Å². The van der Waals surface area contributed by atoms with Crippen LogP contribution in [0.2, 0.25) is 0 Å². The van der Waals surface area contributed by atoms with E-state index in [-0.39, 0.29) is 12.1 Å². The maximum Gasteiger partial charge on any atom is 0.321 e. The maximum atomic E-state index is 12.2. The molecule has 8 heteroatoms. The Kier molecular flexibility index (Phi) is 5.03. The van der Waals surface area contributed by atoms with Gasteiger partial charge in [0.1, 0.15) is 0 Å². The lowest BCUT2D eigenvalue weighted by Crippen LogP contribution is -2.48. The number of nitrogens with zero attached hydrogens (tertiary/aromatic N) is 4. The Bertz CT molecular complexity index is 694. The molecule has 0 aliphatic carbocycles. The van der Waals surface area contributed by atoms with Crippen LogP contribution in [0.5, 0.6) is 0 Å². The number of hydrogen-bond donors (Lipinski definition) is 2. The van der Waals surface area contributed by atoms with Crippen molar-refractivity contribution in [2.45, 2.75) is 38.6 Å². The van der Waals surface area contributed by atoms with Crippen molar-refractivity contribution >= 4 is 28.2 Å². The van der Waals surface area contributed by atoms with Crippen LogP contribution in [-0.4, -0.2) is 39.9 Å². The van der Waals surface area contributed by atoms with Gasteiger partial charge in [-0.2, -0.15) is 5.10 Å². The Labute approximate surface area is 146 Å². The third-order valence-electron chi connectivity index (χ3n) is 4.15. The zero-order valence-corrected chi connectivity index (χ0v) is 15.1. The number of aromatic nitrogens is 3. The summed E-state index contributed by atoms with van der Waals surface area (Å²) in [6, 6.07) is -0.0545. The molecule has 130 valence electrons. The van der Waals surface area contributed by atoms with Crippen molar-refractivity contribution in [3.05, 3.63) is 23.5 Å². The summed E-state index contributed by atoms with van der Waals surface area (Å²) in [4.78, 5) is 18.9.